The topological polar surface area (TPSA) is 126 Å². The van der Waals surface area contributed by atoms with E-state index in [0.717, 1.165) is 18.4 Å². The molecule has 41 heavy (non-hydrogen) atoms. The van der Waals surface area contributed by atoms with E-state index in [0.29, 0.717) is 42.4 Å². The lowest BCUT2D eigenvalue weighted by molar-refractivity contribution is -0.142. The van der Waals surface area contributed by atoms with Gasteiger partial charge in [0.2, 0.25) is 0 Å². The summed E-state index contributed by atoms with van der Waals surface area (Å²) < 4.78 is 57.2. The van der Waals surface area contributed by atoms with Crippen molar-refractivity contribution in [3.05, 3.63) is 28.5 Å². The van der Waals surface area contributed by atoms with Gasteiger partial charge in [-0.1, -0.05) is 32.4 Å². The fourth-order valence-corrected chi connectivity index (χ4v) is 5.31. The van der Waals surface area contributed by atoms with Crippen molar-refractivity contribution < 1.29 is 31.5 Å². The second-order valence-electron chi connectivity index (χ2n) is 11.6. The zero-order valence-electron chi connectivity index (χ0n) is 24.2. The van der Waals surface area contributed by atoms with Gasteiger partial charge in [-0.2, -0.15) is 26.7 Å². The summed E-state index contributed by atoms with van der Waals surface area (Å²) in [6, 6.07) is 1.72. The van der Waals surface area contributed by atoms with Gasteiger partial charge in [0, 0.05) is 30.4 Å². The van der Waals surface area contributed by atoms with Crippen molar-refractivity contribution in [3.8, 4) is 11.3 Å². The molecule has 0 spiro atoms. The molecule has 2 aromatic heterocycles. The summed E-state index contributed by atoms with van der Waals surface area (Å²) in [7, 11) is 0. The molecule has 0 radical (unpaired) electrons. The minimum atomic E-state index is -4.32. The standard InChI is InChI=1S/C27H39ClF3N5O2.O2S/c1-7-36-23(21(28)22(35-36)24(37)33-15-26(38)10-8-17(4)9-11-26)19-13-32-20(12-18(19)16(2)3)34-25(5,6)14-27(29,30)31;1-3-2/h12-13,16-17,38H,7-11,14-15H2,1-6H3,(H,32,34)(H,33,37);. The zero-order chi connectivity index (χ0) is 31.2. The minimum absolute atomic E-state index is 0.0178. The summed E-state index contributed by atoms with van der Waals surface area (Å²) in [4.78, 5) is 17.5. The Balaban J connectivity index is 0.00000187. The number of rotatable bonds is 9. The van der Waals surface area contributed by atoms with Crippen LogP contribution in [0.5, 0.6) is 0 Å². The molecule has 0 aliphatic heterocycles. The smallest absolute Gasteiger partial charge is 0.388 e. The van der Waals surface area contributed by atoms with Crippen LogP contribution in [0.2, 0.25) is 5.02 Å². The molecule has 3 N–H and O–H groups in total. The third-order valence-corrected chi connectivity index (χ3v) is 7.47. The number of aliphatic hydroxyl groups is 1. The van der Waals surface area contributed by atoms with E-state index in [1.54, 1.807) is 16.9 Å². The van der Waals surface area contributed by atoms with Crippen molar-refractivity contribution in [2.45, 2.75) is 103 Å². The Morgan fingerprint density at radius 3 is 2.37 bits per heavy atom. The van der Waals surface area contributed by atoms with Gasteiger partial charge in [-0.05, 0) is 69.9 Å². The zero-order valence-corrected chi connectivity index (χ0v) is 25.8. The third-order valence-electron chi connectivity index (χ3n) is 7.11. The van der Waals surface area contributed by atoms with E-state index in [1.165, 1.54) is 13.8 Å². The van der Waals surface area contributed by atoms with Crippen molar-refractivity contribution >= 4 is 34.9 Å². The lowest BCUT2D eigenvalue weighted by Crippen LogP contribution is -2.45. The lowest BCUT2D eigenvalue weighted by Gasteiger charge is -2.34. The highest BCUT2D eigenvalue weighted by Gasteiger charge is 2.37. The van der Waals surface area contributed by atoms with E-state index >= 15 is 0 Å². The highest BCUT2D eigenvalue weighted by Crippen LogP contribution is 2.38. The Morgan fingerprint density at radius 2 is 1.85 bits per heavy atom. The summed E-state index contributed by atoms with van der Waals surface area (Å²) >= 11 is 5.98. The average Bonchev–Trinajstić information content (AvgIpc) is 3.19. The van der Waals surface area contributed by atoms with Crippen LogP contribution >= 0.6 is 11.6 Å². The Labute approximate surface area is 247 Å². The van der Waals surface area contributed by atoms with Crippen LogP contribution in [-0.4, -0.2) is 58.1 Å². The largest absolute Gasteiger partial charge is 0.391 e. The van der Waals surface area contributed by atoms with E-state index in [-0.39, 0.29) is 23.2 Å². The number of aryl methyl sites for hydroxylation is 1. The van der Waals surface area contributed by atoms with Gasteiger partial charge < -0.3 is 15.7 Å². The van der Waals surface area contributed by atoms with Crippen LogP contribution in [0.4, 0.5) is 19.0 Å². The van der Waals surface area contributed by atoms with Crippen LogP contribution < -0.4 is 10.6 Å². The number of aromatic nitrogens is 3. The summed E-state index contributed by atoms with van der Waals surface area (Å²) in [5, 5.41) is 21.2. The number of nitrogens with zero attached hydrogens (tertiary/aromatic N) is 3. The predicted molar refractivity (Wildman–Crippen MR) is 152 cm³/mol. The Morgan fingerprint density at radius 1 is 1.27 bits per heavy atom. The first kappa shape index (κ1) is 34.7. The van der Waals surface area contributed by atoms with Crippen LogP contribution in [0.25, 0.3) is 11.3 Å². The van der Waals surface area contributed by atoms with Gasteiger partial charge in [-0.25, -0.2) is 4.98 Å². The molecular formula is C27H39ClF3N5O4S. The van der Waals surface area contributed by atoms with E-state index in [4.69, 9.17) is 20.0 Å². The molecule has 0 bridgehead atoms. The lowest BCUT2D eigenvalue weighted by atomic mass is 9.79. The third kappa shape index (κ3) is 9.78. The summed E-state index contributed by atoms with van der Waals surface area (Å²) in [6.07, 6.45) is -0.706. The van der Waals surface area contributed by atoms with Crippen LogP contribution in [0.1, 0.15) is 95.6 Å². The molecule has 2 aromatic rings. The minimum Gasteiger partial charge on any atom is -0.388 e. The Bertz CT molecular complexity index is 1240. The Hall–Kier alpha value is -2.51. The van der Waals surface area contributed by atoms with Gasteiger partial charge >= 0.3 is 17.7 Å². The van der Waals surface area contributed by atoms with Crippen molar-refractivity contribution in [1.82, 2.24) is 20.1 Å². The molecule has 14 heteroatoms. The number of carbonyl (C=O) groups is 1. The molecule has 230 valence electrons. The van der Waals surface area contributed by atoms with Crippen LogP contribution in [0, 0.1) is 5.92 Å². The molecule has 0 aromatic carbocycles. The number of hydrogen-bond acceptors (Lipinski definition) is 7. The molecule has 3 rings (SSSR count). The van der Waals surface area contributed by atoms with E-state index in [1.807, 2.05) is 20.8 Å². The molecule has 1 fully saturated rings. The van der Waals surface area contributed by atoms with Crippen LogP contribution in [0.15, 0.2) is 12.3 Å². The maximum absolute atomic E-state index is 13.1. The molecule has 0 unspecified atom stereocenters. The summed E-state index contributed by atoms with van der Waals surface area (Å²) in [5.41, 5.74) is -0.170. The number of pyridine rings is 1. The summed E-state index contributed by atoms with van der Waals surface area (Å²) in [6.45, 7) is 11.5. The molecule has 1 amide bonds. The van der Waals surface area contributed by atoms with Crippen molar-refractivity contribution in [2.24, 2.45) is 5.92 Å². The van der Waals surface area contributed by atoms with Gasteiger partial charge in [-0.15, -0.1) is 0 Å². The first-order valence-electron chi connectivity index (χ1n) is 13.5. The molecule has 1 saturated carbocycles. The second kappa shape index (κ2) is 14.1. The van der Waals surface area contributed by atoms with E-state index < -0.39 is 41.2 Å². The number of hydrogen-bond donors (Lipinski definition) is 3. The van der Waals surface area contributed by atoms with Gasteiger partial charge in [0.25, 0.3) is 5.91 Å². The maximum Gasteiger partial charge on any atom is 0.391 e. The van der Waals surface area contributed by atoms with Crippen molar-refractivity contribution in [1.29, 1.82) is 0 Å². The Kier molecular flexibility index (Phi) is 11.9. The molecule has 1 aliphatic rings. The fourth-order valence-electron chi connectivity index (χ4n) is 4.98. The number of carbonyl (C=O) groups excluding carboxylic acids is 1. The van der Waals surface area contributed by atoms with Crippen molar-refractivity contribution in [2.75, 3.05) is 11.9 Å². The second-order valence-corrected chi connectivity index (χ2v) is 12.1. The van der Waals surface area contributed by atoms with Gasteiger partial charge in [-0.3, -0.25) is 9.48 Å². The van der Waals surface area contributed by atoms with Crippen LogP contribution in [0.3, 0.4) is 0 Å². The highest BCUT2D eigenvalue weighted by atomic mass is 35.5. The normalized spacial score (nSPS) is 19.4. The van der Waals surface area contributed by atoms with Gasteiger partial charge in [0.15, 0.2) is 5.69 Å². The first-order valence-corrected chi connectivity index (χ1v) is 14.5. The average molecular weight is 622 g/mol. The van der Waals surface area contributed by atoms with E-state index in [9.17, 15) is 23.1 Å². The number of amides is 1. The first-order chi connectivity index (χ1) is 19.0. The summed E-state index contributed by atoms with van der Waals surface area (Å²) in [5.74, 6) is 0.389. The molecule has 2 heterocycles. The number of alkyl halides is 3. The molecule has 0 atom stereocenters. The molecule has 0 saturated heterocycles. The number of anilines is 1. The van der Waals surface area contributed by atoms with Gasteiger partial charge in [0.05, 0.1) is 22.7 Å². The quantitative estimate of drug-likeness (QED) is 0.319. The van der Waals surface area contributed by atoms with Gasteiger partial charge in [0.1, 0.15) is 5.82 Å². The SMILES string of the molecule is CCn1nc(C(=O)NCC2(O)CCC(C)CC2)c(Cl)c1-c1cnc(NC(C)(C)CC(F)(F)F)cc1C(C)C.O=S=O. The maximum atomic E-state index is 13.1. The molecule has 1 aliphatic carbocycles. The molecule has 9 nitrogen and oxygen atoms in total. The van der Waals surface area contributed by atoms with E-state index in [2.05, 4.69) is 27.6 Å². The molecular weight excluding hydrogens is 583 g/mol. The fraction of sp³-hybridized carbons (Fsp3) is 0.667. The van der Waals surface area contributed by atoms with Crippen molar-refractivity contribution in [3.63, 3.8) is 0 Å². The highest BCUT2D eigenvalue weighted by molar-refractivity contribution is 7.51. The van der Waals surface area contributed by atoms with Crippen LogP contribution in [-0.2, 0) is 18.1 Å². The monoisotopic (exact) mass is 621 g/mol. The number of nitrogens with one attached hydrogen (secondary N) is 2. The predicted octanol–water partition coefficient (Wildman–Crippen LogP) is 5.89. The number of halogens is 4.